The summed E-state index contributed by atoms with van der Waals surface area (Å²) in [4.78, 5) is 12.2. The second-order valence-electron chi connectivity index (χ2n) is 6.61. The van der Waals surface area contributed by atoms with Gasteiger partial charge in [0.1, 0.15) is 11.5 Å². The molecule has 31 heavy (non-hydrogen) atoms. The first kappa shape index (κ1) is 22.6. The third-order valence-electron chi connectivity index (χ3n) is 4.29. The van der Waals surface area contributed by atoms with Gasteiger partial charge >= 0.3 is 0 Å². The topological polar surface area (TPSA) is 93.7 Å². The van der Waals surface area contributed by atoms with Crippen molar-refractivity contribution in [3.05, 3.63) is 76.8 Å². The zero-order valence-electron chi connectivity index (χ0n) is 16.9. The third kappa shape index (κ3) is 6.22. The number of hydrogen-bond donors (Lipinski definition) is 2. The van der Waals surface area contributed by atoms with Crippen LogP contribution in [-0.2, 0) is 14.8 Å². The Bertz CT molecular complexity index is 1160. The van der Waals surface area contributed by atoms with Gasteiger partial charge in [-0.15, -0.1) is 0 Å². The number of carbonyl (C=O) groups is 1. The van der Waals surface area contributed by atoms with Gasteiger partial charge in [-0.2, -0.15) is 0 Å². The highest BCUT2D eigenvalue weighted by Crippen LogP contribution is 2.24. The monoisotopic (exact) mass is 504 g/mol. The molecule has 1 amide bonds. The number of sulfonamides is 1. The van der Waals surface area contributed by atoms with Crippen LogP contribution in [0.5, 0.6) is 11.5 Å². The molecule has 7 nitrogen and oxygen atoms in total. The van der Waals surface area contributed by atoms with Crippen LogP contribution in [0.25, 0.3) is 0 Å². The van der Waals surface area contributed by atoms with E-state index in [9.17, 15) is 13.2 Å². The molecule has 0 aliphatic heterocycles. The lowest BCUT2D eigenvalue weighted by Gasteiger charge is -2.13. The first-order valence-electron chi connectivity index (χ1n) is 9.22. The summed E-state index contributed by atoms with van der Waals surface area (Å²) in [5.74, 6) is 0.735. The molecule has 0 atom stereocenters. The lowest BCUT2D eigenvalue weighted by Crippen LogP contribution is -2.20. The summed E-state index contributed by atoms with van der Waals surface area (Å²) in [5.41, 5.74) is 1.66. The minimum absolute atomic E-state index is 0.0903. The minimum atomic E-state index is -3.78. The van der Waals surface area contributed by atoms with Crippen molar-refractivity contribution in [2.45, 2.75) is 11.8 Å². The highest BCUT2D eigenvalue weighted by Gasteiger charge is 2.16. The fraction of sp³-hybridized carbons (Fsp3) is 0.136. The van der Waals surface area contributed by atoms with E-state index < -0.39 is 10.0 Å². The highest BCUT2D eigenvalue weighted by molar-refractivity contribution is 9.10. The molecule has 3 aromatic carbocycles. The van der Waals surface area contributed by atoms with E-state index in [1.54, 1.807) is 43.3 Å². The van der Waals surface area contributed by atoms with Crippen LogP contribution in [0, 0.1) is 6.92 Å². The Hall–Kier alpha value is -3.04. The lowest BCUT2D eigenvalue weighted by molar-refractivity contribution is -0.118. The number of ether oxygens (including phenoxy) is 2. The smallest absolute Gasteiger partial charge is 0.262 e. The standard InChI is InChI=1S/C22H21BrN2O5S/c1-15-13-20(31(27,28)25-18-7-9-19(29-2)10-8-18)11-12-21(15)30-14-22(26)24-17-5-3-16(23)4-6-17/h3-13,25H,14H2,1-2H3,(H,24,26). The van der Waals surface area contributed by atoms with E-state index in [0.29, 0.717) is 28.4 Å². The van der Waals surface area contributed by atoms with E-state index in [0.717, 1.165) is 4.47 Å². The number of hydrogen-bond acceptors (Lipinski definition) is 5. The molecule has 0 bridgehead atoms. The first-order chi connectivity index (χ1) is 14.8. The van der Waals surface area contributed by atoms with Gasteiger partial charge in [0.2, 0.25) is 0 Å². The van der Waals surface area contributed by atoms with E-state index in [1.807, 2.05) is 12.1 Å². The van der Waals surface area contributed by atoms with Crippen LogP contribution < -0.4 is 19.5 Å². The molecule has 0 fully saturated rings. The van der Waals surface area contributed by atoms with Gasteiger partial charge in [0.05, 0.1) is 12.0 Å². The Morgan fingerprint density at radius 2 is 1.61 bits per heavy atom. The second-order valence-corrected chi connectivity index (χ2v) is 9.20. The van der Waals surface area contributed by atoms with Crippen molar-refractivity contribution in [1.82, 2.24) is 0 Å². The van der Waals surface area contributed by atoms with Gasteiger partial charge in [0.25, 0.3) is 15.9 Å². The average molecular weight is 505 g/mol. The van der Waals surface area contributed by atoms with Crippen LogP contribution in [0.3, 0.4) is 0 Å². The fourth-order valence-electron chi connectivity index (χ4n) is 2.70. The maximum absolute atomic E-state index is 12.7. The number of benzene rings is 3. The van der Waals surface area contributed by atoms with E-state index in [-0.39, 0.29) is 17.4 Å². The van der Waals surface area contributed by atoms with Gasteiger partial charge in [0, 0.05) is 15.8 Å². The molecule has 0 unspecified atom stereocenters. The van der Waals surface area contributed by atoms with Gasteiger partial charge in [-0.05, 0) is 79.2 Å². The van der Waals surface area contributed by atoms with E-state index in [1.165, 1.54) is 25.3 Å². The fourth-order valence-corrected chi connectivity index (χ4v) is 4.11. The molecule has 0 aliphatic rings. The average Bonchev–Trinajstić information content (AvgIpc) is 2.75. The predicted octanol–water partition coefficient (Wildman–Crippen LogP) is 4.58. The Balaban J connectivity index is 1.63. The van der Waals surface area contributed by atoms with Crippen LogP contribution in [0.1, 0.15) is 5.56 Å². The normalized spacial score (nSPS) is 10.9. The molecule has 0 saturated heterocycles. The van der Waals surface area contributed by atoms with E-state index >= 15 is 0 Å². The Morgan fingerprint density at radius 3 is 2.23 bits per heavy atom. The lowest BCUT2D eigenvalue weighted by atomic mass is 10.2. The van der Waals surface area contributed by atoms with Crippen LogP contribution in [0.4, 0.5) is 11.4 Å². The molecule has 2 N–H and O–H groups in total. The minimum Gasteiger partial charge on any atom is -0.497 e. The molecular weight excluding hydrogens is 484 g/mol. The zero-order chi connectivity index (χ0) is 22.4. The molecule has 0 heterocycles. The quantitative estimate of drug-likeness (QED) is 0.468. The van der Waals surface area contributed by atoms with Crippen molar-refractivity contribution in [2.24, 2.45) is 0 Å². The Kier molecular flexibility index (Phi) is 7.19. The number of aryl methyl sites for hydroxylation is 1. The van der Waals surface area contributed by atoms with E-state index in [4.69, 9.17) is 9.47 Å². The molecule has 0 aromatic heterocycles. The van der Waals surface area contributed by atoms with Gasteiger partial charge in [-0.1, -0.05) is 15.9 Å². The summed E-state index contributed by atoms with van der Waals surface area (Å²) in [5, 5.41) is 2.73. The number of halogens is 1. The van der Waals surface area contributed by atoms with Crippen molar-refractivity contribution >= 4 is 43.2 Å². The molecule has 0 saturated carbocycles. The largest absolute Gasteiger partial charge is 0.497 e. The number of rotatable bonds is 8. The van der Waals surface area contributed by atoms with Crippen molar-refractivity contribution in [3.8, 4) is 11.5 Å². The molecule has 3 aromatic rings. The molecule has 3 rings (SSSR count). The molecule has 162 valence electrons. The summed E-state index contributed by atoms with van der Waals surface area (Å²) in [6.45, 7) is 1.52. The number of nitrogens with one attached hydrogen (secondary N) is 2. The van der Waals surface area contributed by atoms with Crippen molar-refractivity contribution < 1.29 is 22.7 Å². The van der Waals surface area contributed by atoms with Crippen LogP contribution in [0.2, 0.25) is 0 Å². The van der Waals surface area contributed by atoms with Crippen LogP contribution in [0.15, 0.2) is 76.1 Å². The highest BCUT2D eigenvalue weighted by atomic mass is 79.9. The third-order valence-corrected chi connectivity index (χ3v) is 6.19. The molecular formula is C22H21BrN2O5S. The van der Waals surface area contributed by atoms with Crippen LogP contribution in [-0.4, -0.2) is 28.0 Å². The van der Waals surface area contributed by atoms with Gasteiger partial charge in [-0.3, -0.25) is 9.52 Å². The Labute approximate surface area is 189 Å². The van der Waals surface area contributed by atoms with Gasteiger partial charge in [0.15, 0.2) is 6.61 Å². The molecule has 0 spiro atoms. The second kappa shape index (κ2) is 9.84. The maximum atomic E-state index is 12.7. The molecule has 0 aliphatic carbocycles. The van der Waals surface area contributed by atoms with Crippen LogP contribution >= 0.6 is 15.9 Å². The zero-order valence-corrected chi connectivity index (χ0v) is 19.3. The van der Waals surface area contributed by atoms with Gasteiger partial charge in [-0.25, -0.2) is 8.42 Å². The summed E-state index contributed by atoms with van der Waals surface area (Å²) in [7, 11) is -2.24. The Morgan fingerprint density at radius 1 is 0.968 bits per heavy atom. The summed E-state index contributed by atoms with van der Waals surface area (Å²) in [6.07, 6.45) is 0. The van der Waals surface area contributed by atoms with E-state index in [2.05, 4.69) is 26.0 Å². The van der Waals surface area contributed by atoms with Gasteiger partial charge < -0.3 is 14.8 Å². The molecule has 9 heteroatoms. The predicted molar refractivity (Wildman–Crippen MR) is 123 cm³/mol. The number of amides is 1. The molecule has 0 radical (unpaired) electrons. The first-order valence-corrected chi connectivity index (χ1v) is 11.5. The SMILES string of the molecule is COc1ccc(NS(=O)(=O)c2ccc(OCC(=O)Nc3ccc(Br)cc3)c(C)c2)cc1. The van der Waals surface area contributed by atoms with Crippen molar-refractivity contribution in [2.75, 3.05) is 23.8 Å². The number of methoxy groups -OCH3 is 1. The maximum Gasteiger partial charge on any atom is 0.262 e. The summed E-state index contributed by atoms with van der Waals surface area (Å²) in [6, 6.07) is 18.2. The number of carbonyl (C=O) groups excluding carboxylic acids is 1. The van der Waals surface area contributed by atoms with Crippen molar-refractivity contribution in [1.29, 1.82) is 0 Å². The summed E-state index contributed by atoms with van der Waals surface area (Å²) >= 11 is 3.34. The summed E-state index contributed by atoms with van der Waals surface area (Å²) < 4.78 is 39.4. The number of anilines is 2. The van der Waals surface area contributed by atoms with Crippen molar-refractivity contribution in [3.63, 3.8) is 0 Å².